The smallest absolute Gasteiger partial charge is 0.416 e. The molecule has 42 heavy (non-hydrogen) atoms. The lowest BCUT2D eigenvalue weighted by atomic mass is 10.0. The van der Waals surface area contributed by atoms with E-state index in [1.54, 1.807) is 0 Å². The number of hydrogen-bond donors (Lipinski definition) is 2. The minimum atomic E-state index is -4.62. The Morgan fingerprint density at radius 3 is 1.38 bits per heavy atom. The lowest BCUT2D eigenvalue weighted by molar-refractivity contribution is -0.138. The van der Waals surface area contributed by atoms with Gasteiger partial charge in [-0.05, 0) is 72.8 Å². The van der Waals surface area contributed by atoms with Crippen molar-refractivity contribution in [2.75, 3.05) is 11.5 Å². The van der Waals surface area contributed by atoms with E-state index in [4.69, 9.17) is 20.3 Å². The highest BCUT2D eigenvalue weighted by molar-refractivity contribution is 6.11. The van der Waals surface area contributed by atoms with Crippen LogP contribution in [0.1, 0.15) is 27.0 Å². The second-order valence-electron chi connectivity index (χ2n) is 9.42. The molecule has 7 nitrogen and oxygen atoms in total. The van der Waals surface area contributed by atoms with Gasteiger partial charge in [0.05, 0.1) is 11.1 Å². The maximum atomic E-state index is 13.3. The number of carbonyl (C=O) groups is 1. The number of aromatic nitrogens is 2. The maximum absolute atomic E-state index is 13.3. The van der Waals surface area contributed by atoms with Crippen LogP contribution in [0.25, 0.3) is 45.1 Å². The SMILES string of the molecule is Nc1cc(-c2nc3cc(C(=O)c4ccc5oc(-c6cc(N)cc(C(F)(F)F)c6)nc5c4)ccc3o2)cc(C(F)(F)F)c1. The summed E-state index contributed by atoms with van der Waals surface area (Å²) in [6.07, 6.45) is -9.25. The minimum absolute atomic E-state index is 0.0150. The molecular weight excluding hydrogens is 566 g/mol. The fourth-order valence-corrected chi connectivity index (χ4v) is 4.43. The summed E-state index contributed by atoms with van der Waals surface area (Å²) >= 11 is 0. The molecule has 13 heteroatoms. The molecule has 0 amide bonds. The van der Waals surface area contributed by atoms with Crippen LogP contribution in [0.4, 0.5) is 37.7 Å². The Bertz CT molecular complexity index is 1880. The number of nitrogens with two attached hydrogens (primary N) is 2. The predicted molar refractivity (Wildman–Crippen MR) is 141 cm³/mol. The summed E-state index contributed by atoms with van der Waals surface area (Å²) < 4.78 is 90.6. The number of nitrogens with zero attached hydrogens (tertiary/aromatic N) is 2. The van der Waals surface area contributed by atoms with Gasteiger partial charge in [-0.2, -0.15) is 26.3 Å². The molecule has 212 valence electrons. The molecule has 0 aliphatic carbocycles. The molecule has 6 aromatic rings. The molecule has 0 bridgehead atoms. The number of benzene rings is 4. The normalized spacial score (nSPS) is 12.3. The Morgan fingerprint density at radius 1 is 0.595 bits per heavy atom. The van der Waals surface area contributed by atoms with Crippen molar-refractivity contribution in [3.63, 3.8) is 0 Å². The average Bonchev–Trinajstić information content (AvgIpc) is 3.54. The average molecular weight is 582 g/mol. The maximum Gasteiger partial charge on any atom is 0.416 e. The Morgan fingerprint density at radius 2 is 1.00 bits per heavy atom. The lowest BCUT2D eigenvalue weighted by Gasteiger charge is -2.08. The fourth-order valence-electron chi connectivity index (χ4n) is 4.43. The van der Waals surface area contributed by atoms with Crippen LogP contribution in [0, 0.1) is 0 Å². The van der Waals surface area contributed by atoms with Crippen LogP contribution in [0.3, 0.4) is 0 Å². The molecule has 0 saturated carbocycles. The van der Waals surface area contributed by atoms with Crippen molar-refractivity contribution in [1.29, 1.82) is 0 Å². The van der Waals surface area contributed by atoms with E-state index in [1.165, 1.54) is 48.5 Å². The van der Waals surface area contributed by atoms with E-state index >= 15 is 0 Å². The van der Waals surface area contributed by atoms with Gasteiger partial charge in [-0.15, -0.1) is 0 Å². The zero-order valence-corrected chi connectivity index (χ0v) is 21.0. The molecular formula is C29H16F6N4O3. The first-order valence-electron chi connectivity index (χ1n) is 12.1. The number of nitrogen functional groups attached to an aromatic ring is 2. The van der Waals surface area contributed by atoms with Gasteiger partial charge in [0.25, 0.3) is 0 Å². The molecule has 0 fully saturated rings. The third-order valence-electron chi connectivity index (χ3n) is 6.36. The highest BCUT2D eigenvalue weighted by Crippen LogP contribution is 2.36. The van der Waals surface area contributed by atoms with Crippen molar-refractivity contribution in [3.8, 4) is 22.9 Å². The van der Waals surface area contributed by atoms with Gasteiger partial charge in [-0.25, -0.2) is 9.97 Å². The van der Waals surface area contributed by atoms with Crippen molar-refractivity contribution in [3.05, 3.63) is 95.1 Å². The Balaban J connectivity index is 1.32. The van der Waals surface area contributed by atoms with Crippen LogP contribution in [-0.4, -0.2) is 15.8 Å². The largest absolute Gasteiger partial charge is 0.436 e. The number of anilines is 2. The van der Waals surface area contributed by atoms with Crippen molar-refractivity contribution in [2.24, 2.45) is 0 Å². The van der Waals surface area contributed by atoms with Gasteiger partial charge in [0.2, 0.25) is 11.8 Å². The van der Waals surface area contributed by atoms with Gasteiger partial charge >= 0.3 is 12.4 Å². The summed E-state index contributed by atoms with van der Waals surface area (Å²) in [7, 11) is 0. The van der Waals surface area contributed by atoms with Crippen molar-refractivity contribution < 1.29 is 40.0 Å². The number of oxazole rings is 2. The quantitative estimate of drug-likeness (QED) is 0.124. The van der Waals surface area contributed by atoms with E-state index in [0.717, 1.165) is 24.3 Å². The molecule has 0 aliphatic heterocycles. The Labute approximate surface area is 231 Å². The molecule has 0 atom stereocenters. The highest BCUT2D eigenvalue weighted by atomic mass is 19.4. The van der Waals surface area contributed by atoms with Crippen LogP contribution in [0.5, 0.6) is 0 Å². The van der Waals surface area contributed by atoms with E-state index in [1.807, 2.05) is 0 Å². The zero-order chi connectivity index (χ0) is 30.0. The number of alkyl halides is 6. The Hall–Kier alpha value is -5.33. The summed E-state index contributed by atoms with van der Waals surface area (Å²) in [6.45, 7) is 0. The molecule has 6 rings (SSSR count). The zero-order valence-electron chi connectivity index (χ0n) is 21.0. The van der Waals surface area contributed by atoms with Gasteiger partial charge in [0.15, 0.2) is 16.9 Å². The summed E-state index contributed by atoms with van der Waals surface area (Å²) in [6, 6.07) is 14.6. The summed E-state index contributed by atoms with van der Waals surface area (Å²) in [5.74, 6) is -0.669. The third-order valence-corrected chi connectivity index (χ3v) is 6.36. The van der Waals surface area contributed by atoms with Gasteiger partial charge in [-0.3, -0.25) is 4.79 Å². The molecule has 0 radical (unpaired) electrons. The molecule has 4 aromatic carbocycles. The number of halogens is 6. The van der Waals surface area contributed by atoms with E-state index in [2.05, 4.69) is 9.97 Å². The molecule has 0 saturated heterocycles. The summed E-state index contributed by atoms with van der Waals surface area (Å²) in [4.78, 5) is 21.8. The standard InChI is InChI=1S/C29H16F6N4O3/c30-28(31,32)17-5-15(7-19(36)11-17)26-38-21-9-13(1-3-23(21)41-26)25(40)14-2-4-24-22(10-14)39-27(42-24)16-6-18(29(33,34)35)12-20(37)8-16/h1-12H,36-37H2. The van der Waals surface area contributed by atoms with Crippen molar-refractivity contribution >= 4 is 39.4 Å². The molecule has 0 spiro atoms. The fraction of sp³-hybridized carbons (Fsp3) is 0.0690. The highest BCUT2D eigenvalue weighted by Gasteiger charge is 2.32. The number of rotatable bonds is 4. The van der Waals surface area contributed by atoms with Crippen LogP contribution >= 0.6 is 0 Å². The first-order chi connectivity index (χ1) is 19.7. The second-order valence-corrected chi connectivity index (χ2v) is 9.42. The van der Waals surface area contributed by atoms with Gasteiger partial charge < -0.3 is 20.3 Å². The summed E-state index contributed by atoms with van der Waals surface area (Å²) in [5.41, 5.74) is 10.4. The van der Waals surface area contributed by atoms with Crippen molar-refractivity contribution in [2.45, 2.75) is 12.4 Å². The van der Waals surface area contributed by atoms with E-state index < -0.39 is 29.3 Å². The first kappa shape index (κ1) is 26.9. The lowest BCUT2D eigenvalue weighted by Crippen LogP contribution is -2.06. The number of carbonyl (C=O) groups excluding carboxylic acids is 1. The minimum Gasteiger partial charge on any atom is -0.436 e. The van der Waals surface area contributed by atoms with Crippen LogP contribution in [0.15, 0.2) is 81.6 Å². The Kier molecular flexibility index (Phi) is 5.99. The van der Waals surface area contributed by atoms with Crippen LogP contribution in [-0.2, 0) is 12.4 Å². The number of ketones is 1. The number of hydrogen-bond acceptors (Lipinski definition) is 7. The molecule has 0 unspecified atom stereocenters. The predicted octanol–water partition coefficient (Wildman–Crippen LogP) is 7.74. The van der Waals surface area contributed by atoms with E-state index in [9.17, 15) is 31.1 Å². The molecule has 2 aromatic heterocycles. The topological polar surface area (TPSA) is 121 Å². The second kappa shape index (κ2) is 9.36. The van der Waals surface area contributed by atoms with Gasteiger partial charge in [0.1, 0.15) is 11.0 Å². The van der Waals surface area contributed by atoms with Crippen molar-refractivity contribution in [1.82, 2.24) is 9.97 Å². The molecule has 0 aliphatic rings. The van der Waals surface area contributed by atoms with Crippen LogP contribution in [0.2, 0.25) is 0 Å². The van der Waals surface area contributed by atoms with Gasteiger partial charge in [-0.1, -0.05) is 0 Å². The monoisotopic (exact) mass is 582 g/mol. The molecule has 4 N–H and O–H groups in total. The summed E-state index contributed by atoms with van der Waals surface area (Å²) in [5, 5.41) is 0. The van der Waals surface area contributed by atoms with Gasteiger partial charge in [0, 0.05) is 33.6 Å². The first-order valence-corrected chi connectivity index (χ1v) is 12.1. The third kappa shape index (κ3) is 5.00. The van der Waals surface area contributed by atoms with Crippen LogP contribution < -0.4 is 11.5 Å². The van der Waals surface area contributed by atoms with E-state index in [0.29, 0.717) is 0 Å². The number of fused-ring (bicyclic) bond motifs is 2. The van der Waals surface area contributed by atoms with E-state index in [-0.39, 0.29) is 67.6 Å². The molecule has 2 heterocycles.